The minimum atomic E-state index is -0.179. The van der Waals surface area contributed by atoms with Crippen molar-refractivity contribution in [3.63, 3.8) is 0 Å². The fourth-order valence-electron chi connectivity index (χ4n) is 3.20. The second-order valence-corrected chi connectivity index (χ2v) is 6.31. The molecular formula is C17H25FN2O. The first kappa shape index (κ1) is 14.8. The summed E-state index contributed by atoms with van der Waals surface area (Å²) in [5, 5.41) is 13.2. The molecule has 2 N–H and O–H groups in total. The molecule has 1 atom stereocenters. The lowest BCUT2D eigenvalue weighted by atomic mass is 10.1. The minimum absolute atomic E-state index is 0.164. The van der Waals surface area contributed by atoms with Crippen molar-refractivity contribution in [3.8, 4) is 0 Å². The molecule has 3 nitrogen and oxygen atoms in total. The van der Waals surface area contributed by atoms with Gasteiger partial charge >= 0.3 is 0 Å². The maximum atomic E-state index is 13.6. The molecule has 2 fully saturated rings. The normalized spacial score (nSPS) is 23.1. The number of hydrogen-bond acceptors (Lipinski definition) is 3. The molecule has 1 aliphatic carbocycles. The molecule has 0 bridgehead atoms. The monoisotopic (exact) mass is 292 g/mol. The van der Waals surface area contributed by atoms with E-state index in [-0.39, 0.29) is 18.5 Å². The Labute approximate surface area is 126 Å². The summed E-state index contributed by atoms with van der Waals surface area (Å²) >= 11 is 0. The molecule has 4 heteroatoms. The van der Waals surface area contributed by atoms with E-state index >= 15 is 0 Å². The second kappa shape index (κ2) is 6.75. The maximum Gasteiger partial charge on any atom is 0.123 e. The molecule has 1 saturated heterocycles. The molecule has 0 amide bonds. The van der Waals surface area contributed by atoms with Crippen molar-refractivity contribution in [2.45, 2.75) is 57.2 Å². The highest BCUT2D eigenvalue weighted by molar-refractivity contribution is 5.55. The number of benzene rings is 1. The zero-order chi connectivity index (χ0) is 14.7. The van der Waals surface area contributed by atoms with Crippen LogP contribution in [0.15, 0.2) is 18.2 Å². The van der Waals surface area contributed by atoms with Crippen molar-refractivity contribution in [1.82, 2.24) is 5.32 Å². The van der Waals surface area contributed by atoms with E-state index in [1.807, 2.05) is 6.07 Å². The minimum Gasteiger partial charge on any atom is -0.394 e. The topological polar surface area (TPSA) is 35.5 Å². The number of hydrogen-bond donors (Lipinski definition) is 2. The van der Waals surface area contributed by atoms with Crippen LogP contribution in [0.5, 0.6) is 0 Å². The van der Waals surface area contributed by atoms with Gasteiger partial charge in [0.15, 0.2) is 0 Å². The van der Waals surface area contributed by atoms with Gasteiger partial charge in [-0.1, -0.05) is 12.8 Å². The molecule has 1 saturated carbocycles. The van der Waals surface area contributed by atoms with Gasteiger partial charge in [-0.2, -0.15) is 0 Å². The van der Waals surface area contributed by atoms with Gasteiger partial charge in [0.1, 0.15) is 5.82 Å². The van der Waals surface area contributed by atoms with Gasteiger partial charge in [0, 0.05) is 24.8 Å². The van der Waals surface area contributed by atoms with Gasteiger partial charge in [0.2, 0.25) is 0 Å². The Morgan fingerprint density at radius 3 is 2.81 bits per heavy atom. The highest BCUT2D eigenvalue weighted by atomic mass is 19.1. The predicted molar refractivity (Wildman–Crippen MR) is 82.9 cm³/mol. The zero-order valence-corrected chi connectivity index (χ0v) is 12.5. The third-order valence-electron chi connectivity index (χ3n) is 4.60. The van der Waals surface area contributed by atoms with Crippen LogP contribution < -0.4 is 10.2 Å². The van der Waals surface area contributed by atoms with E-state index in [4.69, 9.17) is 0 Å². The van der Waals surface area contributed by atoms with Crippen molar-refractivity contribution in [3.05, 3.63) is 29.6 Å². The van der Waals surface area contributed by atoms with Crippen LogP contribution in [0.1, 0.15) is 44.1 Å². The molecule has 21 heavy (non-hydrogen) atoms. The first-order chi connectivity index (χ1) is 10.3. The summed E-state index contributed by atoms with van der Waals surface area (Å²) in [6.07, 6.45) is 7.00. The molecular weight excluding hydrogens is 267 g/mol. The quantitative estimate of drug-likeness (QED) is 0.876. The highest BCUT2D eigenvalue weighted by Crippen LogP contribution is 2.29. The van der Waals surface area contributed by atoms with E-state index in [0.717, 1.165) is 30.6 Å². The lowest BCUT2D eigenvalue weighted by molar-refractivity contribution is 0.255. The Morgan fingerprint density at radius 2 is 2.05 bits per heavy atom. The Bertz CT molecular complexity index is 476. The van der Waals surface area contributed by atoms with Crippen LogP contribution in [0.4, 0.5) is 10.1 Å². The van der Waals surface area contributed by atoms with E-state index in [9.17, 15) is 9.50 Å². The number of nitrogens with zero attached hydrogens (tertiary/aromatic N) is 1. The zero-order valence-electron chi connectivity index (χ0n) is 12.5. The van der Waals surface area contributed by atoms with Crippen LogP contribution in [0.25, 0.3) is 0 Å². The Hall–Kier alpha value is -1.13. The van der Waals surface area contributed by atoms with E-state index in [1.165, 1.54) is 31.7 Å². The summed E-state index contributed by atoms with van der Waals surface area (Å²) in [5.41, 5.74) is 2.10. The van der Waals surface area contributed by atoms with E-state index in [0.29, 0.717) is 12.6 Å². The van der Waals surface area contributed by atoms with E-state index in [2.05, 4.69) is 10.2 Å². The SMILES string of the molecule is OCC1CCCCCN1c1ccc(F)cc1CNC1CC1. The van der Waals surface area contributed by atoms with Gasteiger partial charge in [-0.15, -0.1) is 0 Å². The first-order valence-corrected chi connectivity index (χ1v) is 8.17. The number of rotatable bonds is 5. The molecule has 1 aromatic carbocycles. The van der Waals surface area contributed by atoms with Crippen LogP contribution in [0.2, 0.25) is 0 Å². The fourth-order valence-corrected chi connectivity index (χ4v) is 3.20. The van der Waals surface area contributed by atoms with E-state index < -0.39 is 0 Å². The summed E-state index contributed by atoms with van der Waals surface area (Å²) in [6, 6.07) is 5.84. The van der Waals surface area contributed by atoms with E-state index in [1.54, 1.807) is 6.07 Å². The van der Waals surface area contributed by atoms with Crippen LogP contribution >= 0.6 is 0 Å². The number of nitrogens with one attached hydrogen (secondary N) is 1. The first-order valence-electron chi connectivity index (χ1n) is 8.17. The highest BCUT2D eigenvalue weighted by Gasteiger charge is 2.24. The number of halogens is 1. The fraction of sp³-hybridized carbons (Fsp3) is 0.647. The van der Waals surface area contributed by atoms with Gasteiger partial charge in [-0.3, -0.25) is 0 Å². The van der Waals surface area contributed by atoms with Crippen LogP contribution in [-0.2, 0) is 6.54 Å². The summed E-state index contributed by atoms with van der Waals surface area (Å²) < 4.78 is 13.6. The van der Waals surface area contributed by atoms with Crippen LogP contribution in [0, 0.1) is 5.82 Å². The average Bonchev–Trinajstić information content (AvgIpc) is 3.32. The Kier molecular flexibility index (Phi) is 4.76. The Morgan fingerprint density at radius 1 is 1.19 bits per heavy atom. The number of aliphatic hydroxyl groups excluding tert-OH is 1. The third-order valence-corrected chi connectivity index (χ3v) is 4.60. The largest absolute Gasteiger partial charge is 0.394 e. The number of aliphatic hydroxyl groups is 1. The van der Waals surface area contributed by atoms with Gasteiger partial charge in [0.05, 0.1) is 12.6 Å². The standard InChI is InChI=1S/C17H25FN2O/c18-14-5-8-17(13(10-14)11-19-15-6-7-15)20-9-3-1-2-4-16(20)12-21/h5,8,10,15-16,19,21H,1-4,6-7,9,11-12H2. The van der Waals surface area contributed by atoms with Crippen LogP contribution in [-0.4, -0.2) is 30.3 Å². The van der Waals surface area contributed by atoms with Crippen molar-refractivity contribution in [2.24, 2.45) is 0 Å². The van der Waals surface area contributed by atoms with Gasteiger partial charge in [-0.25, -0.2) is 4.39 Å². The van der Waals surface area contributed by atoms with Crippen molar-refractivity contribution in [1.29, 1.82) is 0 Å². The van der Waals surface area contributed by atoms with Gasteiger partial charge < -0.3 is 15.3 Å². The molecule has 1 heterocycles. The molecule has 1 aliphatic heterocycles. The van der Waals surface area contributed by atoms with Crippen molar-refractivity contribution >= 4 is 5.69 Å². The molecule has 1 unspecified atom stereocenters. The molecule has 0 spiro atoms. The van der Waals surface area contributed by atoms with Crippen molar-refractivity contribution < 1.29 is 9.50 Å². The molecule has 0 aromatic heterocycles. The third kappa shape index (κ3) is 3.74. The average molecular weight is 292 g/mol. The smallest absolute Gasteiger partial charge is 0.123 e. The van der Waals surface area contributed by atoms with Crippen molar-refractivity contribution in [2.75, 3.05) is 18.1 Å². The summed E-state index contributed by atoms with van der Waals surface area (Å²) in [5.74, 6) is -0.179. The molecule has 0 radical (unpaired) electrons. The molecule has 2 aliphatic rings. The lowest BCUT2D eigenvalue weighted by Crippen LogP contribution is -2.38. The summed E-state index contributed by atoms with van der Waals surface area (Å²) in [7, 11) is 0. The molecule has 1 aromatic rings. The second-order valence-electron chi connectivity index (χ2n) is 6.31. The summed E-state index contributed by atoms with van der Waals surface area (Å²) in [6.45, 7) is 1.84. The Balaban J connectivity index is 1.83. The van der Waals surface area contributed by atoms with Crippen LogP contribution in [0.3, 0.4) is 0 Å². The predicted octanol–water partition coefficient (Wildman–Crippen LogP) is 2.82. The van der Waals surface area contributed by atoms with Gasteiger partial charge in [0.25, 0.3) is 0 Å². The maximum absolute atomic E-state index is 13.6. The number of anilines is 1. The van der Waals surface area contributed by atoms with Gasteiger partial charge in [-0.05, 0) is 49.4 Å². The summed E-state index contributed by atoms with van der Waals surface area (Å²) in [4.78, 5) is 2.29. The molecule has 116 valence electrons. The lowest BCUT2D eigenvalue weighted by Gasteiger charge is -2.32. The molecule has 3 rings (SSSR count).